The van der Waals surface area contributed by atoms with Gasteiger partial charge < -0.3 is 4.74 Å². The third kappa shape index (κ3) is 18.1. The highest BCUT2D eigenvalue weighted by molar-refractivity contribution is 7.81. The quantitative estimate of drug-likeness (QED) is 0.473. The van der Waals surface area contributed by atoms with Crippen molar-refractivity contribution in [2.24, 2.45) is 0 Å². The van der Waals surface area contributed by atoms with Gasteiger partial charge in [0.05, 0.1) is 12.9 Å². The molecule has 0 aromatic heterocycles. The lowest BCUT2D eigenvalue weighted by Gasteiger charge is -2.01. The third-order valence-electron chi connectivity index (χ3n) is 0.825. The van der Waals surface area contributed by atoms with E-state index in [2.05, 4.69) is 0 Å². The molecule has 6 heteroatoms. The van der Waals surface area contributed by atoms with Crippen LogP contribution in [0.5, 0.6) is 0 Å². The van der Waals surface area contributed by atoms with Crippen LogP contribution in [0.4, 0.5) is 0 Å². The summed E-state index contributed by atoms with van der Waals surface area (Å²) in [6.45, 7) is 0.913. The Hall–Kier alpha value is 0.917. The highest BCUT2D eigenvalue weighted by atomic mass is 36.0. The Bertz CT molecular complexity index is 108. The van der Waals surface area contributed by atoms with Gasteiger partial charge in [-0.15, -0.1) is 44.3 Å². The van der Waals surface area contributed by atoms with Crippen molar-refractivity contribution in [1.29, 1.82) is 0 Å². The Labute approximate surface area is 86.0 Å². The topological polar surface area (TPSA) is 9.23 Å². The van der Waals surface area contributed by atoms with E-state index in [1.54, 1.807) is 6.26 Å². The molecule has 0 atom stereocenters. The van der Waals surface area contributed by atoms with Gasteiger partial charge in [-0.2, -0.15) is 0 Å². The fourth-order valence-corrected chi connectivity index (χ4v) is 0.489. The van der Waals surface area contributed by atoms with Crippen molar-refractivity contribution in [3.8, 4) is 0 Å². The molecule has 11 heavy (non-hydrogen) atoms. The molecule has 0 spiro atoms. The average molecular weight is 254 g/mol. The van der Waals surface area contributed by atoms with Gasteiger partial charge in [0.15, 0.2) is 0 Å². The SMILES string of the molecule is C1=COCCC1.Cl[Si](Cl)(Cl)Cl. The molecule has 0 fully saturated rings. The zero-order valence-electron chi connectivity index (χ0n) is 5.70. The van der Waals surface area contributed by atoms with Crippen LogP contribution in [0.3, 0.4) is 0 Å². The van der Waals surface area contributed by atoms with Gasteiger partial charge in [-0.05, 0) is 18.9 Å². The van der Waals surface area contributed by atoms with Crippen molar-refractivity contribution in [3.63, 3.8) is 0 Å². The Kier molecular flexibility index (Phi) is 6.97. The van der Waals surface area contributed by atoms with Crippen molar-refractivity contribution in [1.82, 2.24) is 0 Å². The summed E-state index contributed by atoms with van der Waals surface area (Å²) < 4.78 is 4.89. The summed E-state index contributed by atoms with van der Waals surface area (Å²) in [5, 5.41) is -2.72. The van der Waals surface area contributed by atoms with E-state index in [0.29, 0.717) is 0 Å². The van der Waals surface area contributed by atoms with E-state index in [4.69, 9.17) is 49.1 Å². The predicted octanol–water partition coefficient (Wildman–Crippen LogP) is 3.69. The standard InChI is InChI=1S/C5H8O.Cl4Si/c1-2-4-6-5-3-1;1-5(2,3)4/h2,4H,1,3,5H2;. The first kappa shape index (κ1) is 11.9. The van der Waals surface area contributed by atoms with E-state index in [1.807, 2.05) is 6.08 Å². The molecule has 0 amide bonds. The van der Waals surface area contributed by atoms with Crippen LogP contribution in [-0.2, 0) is 4.74 Å². The largest absolute Gasteiger partial charge is 0.502 e. The van der Waals surface area contributed by atoms with E-state index in [-0.39, 0.29) is 0 Å². The molecular weight excluding hydrogens is 246 g/mol. The third-order valence-corrected chi connectivity index (χ3v) is 0.825. The lowest BCUT2D eigenvalue weighted by molar-refractivity contribution is 0.231. The Morgan fingerprint density at radius 1 is 1.18 bits per heavy atom. The van der Waals surface area contributed by atoms with Crippen molar-refractivity contribution < 1.29 is 4.74 Å². The lowest BCUT2D eigenvalue weighted by atomic mass is 10.3. The summed E-state index contributed by atoms with van der Waals surface area (Å²) in [4.78, 5) is 0. The second-order valence-corrected chi connectivity index (χ2v) is 13.0. The molecule has 1 rings (SSSR count). The molecule has 0 saturated carbocycles. The van der Waals surface area contributed by atoms with Gasteiger partial charge in [-0.25, -0.2) is 0 Å². The second kappa shape index (κ2) is 6.43. The minimum Gasteiger partial charge on any atom is -0.502 e. The summed E-state index contributed by atoms with van der Waals surface area (Å²) in [6, 6.07) is 0. The van der Waals surface area contributed by atoms with Crippen LogP contribution < -0.4 is 0 Å². The first-order valence-electron chi connectivity index (χ1n) is 3.02. The van der Waals surface area contributed by atoms with Crippen molar-refractivity contribution in [2.75, 3.05) is 6.61 Å². The molecule has 1 heterocycles. The van der Waals surface area contributed by atoms with Gasteiger partial charge in [-0.3, -0.25) is 0 Å². The van der Waals surface area contributed by atoms with Crippen LogP contribution in [0.2, 0.25) is 0 Å². The molecule has 0 saturated heterocycles. The molecule has 0 radical (unpaired) electrons. The summed E-state index contributed by atoms with van der Waals surface area (Å²) in [7, 11) is 0. The Morgan fingerprint density at radius 3 is 1.82 bits per heavy atom. The first-order valence-corrected chi connectivity index (χ1v) is 9.07. The Morgan fingerprint density at radius 2 is 1.73 bits per heavy atom. The summed E-state index contributed by atoms with van der Waals surface area (Å²) in [6.07, 6.45) is 6.20. The molecule has 0 aromatic rings. The predicted molar refractivity (Wildman–Crippen MR) is 53.5 cm³/mol. The lowest BCUT2D eigenvalue weighted by Crippen LogP contribution is -1.91. The minimum absolute atomic E-state index is 0.913. The van der Waals surface area contributed by atoms with Crippen molar-refractivity contribution in [3.05, 3.63) is 12.3 Å². The van der Waals surface area contributed by atoms with E-state index in [0.717, 1.165) is 6.61 Å². The van der Waals surface area contributed by atoms with Crippen LogP contribution >= 0.6 is 44.3 Å². The Balaban J connectivity index is 0.000000187. The summed E-state index contributed by atoms with van der Waals surface area (Å²) >= 11 is 19.9. The molecular formula is C5H8Cl4OSi. The monoisotopic (exact) mass is 252 g/mol. The van der Waals surface area contributed by atoms with Gasteiger partial charge in [0.2, 0.25) is 0 Å². The van der Waals surface area contributed by atoms with Crippen LogP contribution in [0.15, 0.2) is 12.3 Å². The zero-order chi connectivity index (χ0) is 8.74. The van der Waals surface area contributed by atoms with Gasteiger partial charge in [-0.1, -0.05) is 0 Å². The van der Waals surface area contributed by atoms with E-state index < -0.39 is 5.31 Å². The fraction of sp³-hybridized carbons (Fsp3) is 0.600. The zero-order valence-corrected chi connectivity index (χ0v) is 9.72. The first-order chi connectivity index (χ1) is 5.00. The smallest absolute Gasteiger partial charge is 0.440 e. The summed E-state index contributed by atoms with van der Waals surface area (Å²) in [5.41, 5.74) is 0. The van der Waals surface area contributed by atoms with Crippen LogP contribution in [0.1, 0.15) is 12.8 Å². The molecule has 1 aliphatic heterocycles. The molecule has 0 aliphatic carbocycles. The minimum atomic E-state index is -2.72. The fourth-order valence-electron chi connectivity index (χ4n) is 0.489. The van der Waals surface area contributed by atoms with Crippen molar-refractivity contribution >= 4 is 49.6 Å². The van der Waals surface area contributed by atoms with Gasteiger partial charge >= 0.3 is 5.31 Å². The highest BCUT2D eigenvalue weighted by Gasteiger charge is 2.19. The maximum atomic E-state index is 4.97. The second-order valence-electron chi connectivity index (χ2n) is 1.81. The molecule has 66 valence electrons. The number of hydrogen-bond acceptors (Lipinski definition) is 1. The van der Waals surface area contributed by atoms with Crippen molar-refractivity contribution in [2.45, 2.75) is 12.8 Å². The molecule has 0 N–H and O–H groups in total. The maximum absolute atomic E-state index is 4.97. The molecule has 0 bridgehead atoms. The molecule has 1 nitrogen and oxygen atoms in total. The van der Waals surface area contributed by atoms with Crippen LogP contribution in [-0.4, -0.2) is 11.9 Å². The van der Waals surface area contributed by atoms with Crippen LogP contribution in [0.25, 0.3) is 0 Å². The van der Waals surface area contributed by atoms with Crippen LogP contribution in [0, 0.1) is 0 Å². The molecule has 0 aromatic carbocycles. The molecule has 1 aliphatic rings. The number of rotatable bonds is 0. The number of hydrogen-bond donors (Lipinski definition) is 0. The van der Waals surface area contributed by atoms with Gasteiger partial charge in [0.25, 0.3) is 0 Å². The van der Waals surface area contributed by atoms with Gasteiger partial charge in [0, 0.05) is 0 Å². The van der Waals surface area contributed by atoms with Gasteiger partial charge in [0.1, 0.15) is 0 Å². The maximum Gasteiger partial charge on any atom is 0.440 e. The normalized spacial score (nSPS) is 16.4. The van der Waals surface area contributed by atoms with E-state index in [1.165, 1.54) is 12.8 Å². The van der Waals surface area contributed by atoms with E-state index >= 15 is 0 Å². The molecule has 0 unspecified atom stereocenters. The average Bonchev–Trinajstić information content (AvgIpc) is 1.88. The number of ether oxygens (including phenoxy) is 1. The number of halogens is 4. The highest BCUT2D eigenvalue weighted by Crippen LogP contribution is 2.23. The van der Waals surface area contributed by atoms with E-state index in [9.17, 15) is 0 Å². The number of allylic oxidation sites excluding steroid dienone is 1. The summed E-state index contributed by atoms with van der Waals surface area (Å²) in [5.74, 6) is 0.